The maximum Gasteiger partial charge on any atom is 0.189 e. The first kappa shape index (κ1) is 16.3. The second kappa shape index (κ2) is 6.88. The number of fused-ring (bicyclic) bond motifs is 1. The van der Waals surface area contributed by atoms with Gasteiger partial charge in [-0.15, -0.1) is 0 Å². The number of carbonyl (C=O) groups excluding carboxylic acids is 1. The fraction of sp³-hybridized carbons (Fsp3) is 0.167. The molecule has 0 fully saturated rings. The Balaban J connectivity index is 1.87. The Labute approximate surface area is 142 Å². The van der Waals surface area contributed by atoms with E-state index in [0.29, 0.717) is 22.0 Å². The third kappa shape index (κ3) is 3.19. The zero-order chi connectivity index (χ0) is 17.1. The molecule has 1 unspecified atom stereocenters. The maximum atomic E-state index is 12.5. The Kier molecular flexibility index (Phi) is 4.66. The van der Waals surface area contributed by atoms with Gasteiger partial charge in [-0.25, -0.2) is 0 Å². The van der Waals surface area contributed by atoms with Crippen molar-refractivity contribution in [2.45, 2.75) is 4.90 Å². The van der Waals surface area contributed by atoms with Crippen LogP contribution in [0.2, 0.25) is 0 Å². The van der Waals surface area contributed by atoms with Crippen LogP contribution in [0.4, 0.5) is 0 Å². The van der Waals surface area contributed by atoms with Crippen LogP contribution in [0, 0.1) is 0 Å². The van der Waals surface area contributed by atoms with E-state index in [9.17, 15) is 9.00 Å². The Morgan fingerprint density at radius 3 is 2.58 bits per heavy atom. The number of carbonyl (C=O) groups is 1. The molecule has 6 heteroatoms. The van der Waals surface area contributed by atoms with Crippen molar-refractivity contribution in [3.63, 3.8) is 0 Å². The average molecular weight is 344 g/mol. The zero-order valence-corrected chi connectivity index (χ0v) is 14.1. The summed E-state index contributed by atoms with van der Waals surface area (Å²) in [6, 6.07) is 10.5. The minimum atomic E-state index is -1.25. The van der Waals surface area contributed by atoms with Gasteiger partial charge in [0, 0.05) is 6.07 Å². The molecule has 0 aromatic heterocycles. The highest BCUT2D eigenvalue weighted by Crippen LogP contribution is 2.35. The Morgan fingerprint density at radius 2 is 1.92 bits per heavy atom. The molecule has 124 valence electrons. The summed E-state index contributed by atoms with van der Waals surface area (Å²) in [5.41, 5.74) is 1.23. The molecule has 0 spiro atoms. The van der Waals surface area contributed by atoms with Crippen molar-refractivity contribution >= 4 is 22.7 Å². The third-order valence-corrected chi connectivity index (χ3v) is 4.78. The molecule has 1 heterocycles. The van der Waals surface area contributed by atoms with Gasteiger partial charge < -0.3 is 14.2 Å². The average Bonchev–Trinajstić information content (AvgIpc) is 2.99. The third-order valence-electron chi connectivity index (χ3n) is 3.64. The molecular weight excluding hydrogens is 328 g/mol. The van der Waals surface area contributed by atoms with E-state index in [1.807, 2.05) is 24.3 Å². The van der Waals surface area contributed by atoms with Crippen molar-refractivity contribution in [3.05, 3.63) is 53.6 Å². The van der Waals surface area contributed by atoms with Gasteiger partial charge in [0.05, 0.1) is 35.5 Å². The van der Waals surface area contributed by atoms with Gasteiger partial charge in [-0.1, -0.05) is 18.2 Å². The van der Waals surface area contributed by atoms with E-state index in [1.54, 1.807) is 25.3 Å². The van der Waals surface area contributed by atoms with E-state index in [4.69, 9.17) is 14.2 Å². The molecule has 0 saturated heterocycles. The smallest absolute Gasteiger partial charge is 0.189 e. The largest absolute Gasteiger partial charge is 0.497 e. The van der Waals surface area contributed by atoms with E-state index >= 15 is 0 Å². The molecule has 2 aromatic carbocycles. The predicted molar refractivity (Wildman–Crippen MR) is 91.3 cm³/mol. The van der Waals surface area contributed by atoms with Crippen LogP contribution in [-0.4, -0.2) is 30.2 Å². The lowest BCUT2D eigenvalue weighted by atomic mass is 10.1. The first-order valence-corrected chi connectivity index (χ1v) is 8.54. The molecule has 0 aliphatic carbocycles. The normalized spacial score (nSPS) is 15.8. The summed E-state index contributed by atoms with van der Waals surface area (Å²) < 4.78 is 27.6. The number of hydrogen-bond donors (Lipinski definition) is 0. The van der Waals surface area contributed by atoms with Crippen LogP contribution in [0.15, 0.2) is 47.4 Å². The van der Waals surface area contributed by atoms with Gasteiger partial charge in [-0.2, -0.15) is 0 Å². The van der Waals surface area contributed by atoms with Gasteiger partial charge in [-0.3, -0.25) is 9.00 Å². The lowest BCUT2D eigenvalue weighted by Gasteiger charge is -2.07. The molecule has 0 bridgehead atoms. The first-order chi connectivity index (χ1) is 11.6. The molecular formula is C18H16O5S. The van der Waals surface area contributed by atoms with E-state index < -0.39 is 10.8 Å². The number of hydrogen-bond acceptors (Lipinski definition) is 5. The molecule has 2 aromatic rings. The second-order valence-electron chi connectivity index (χ2n) is 5.08. The summed E-state index contributed by atoms with van der Waals surface area (Å²) in [6.45, 7) is 0. The van der Waals surface area contributed by atoms with Gasteiger partial charge in [0.25, 0.3) is 0 Å². The number of allylic oxidation sites excluding steroid dienone is 1. The lowest BCUT2D eigenvalue weighted by molar-refractivity contribution is 0.104. The van der Waals surface area contributed by atoms with E-state index in [1.165, 1.54) is 13.2 Å². The second-order valence-corrected chi connectivity index (χ2v) is 6.44. The topological polar surface area (TPSA) is 61.8 Å². The van der Waals surface area contributed by atoms with Crippen LogP contribution >= 0.6 is 0 Å². The molecule has 1 aliphatic rings. The highest BCUT2D eigenvalue weighted by molar-refractivity contribution is 7.85. The van der Waals surface area contributed by atoms with Gasteiger partial charge >= 0.3 is 0 Å². The lowest BCUT2D eigenvalue weighted by Crippen LogP contribution is -2.00. The zero-order valence-electron chi connectivity index (χ0n) is 13.3. The van der Waals surface area contributed by atoms with E-state index in [0.717, 1.165) is 11.3 Å². The van der Waals surface area contributed by atoms with Crippen LogP contribution in [0.25, 0.3) is 6.08 Å². The summed E-state index contributed by atoms with van der Waals surface area (Å²) in [5.74, 6) is 1.53. The molecule has 5 nitrogen and oxygen atoms in total. The number of rotatable bonds is 5. The van der Waals surface area contributed by atoms with E-state index in [2.05, 4.69) is 0 Å². The maximum absolute atomic E-state index is 12.5. The molecule has 1 aliphatic heterocycles. The van der Waals surface area contributed by atoms with Gasteiger partial charge in [0.15, 0.2) is 11.7 Å². The Hall–Kier alpha value is -2.60. The number of benzene rings is 2. The molecule has 24 heavy (non-hydrogen) atoms. The summed E-state index contributed by atoms with van der Waals surface area (Å²) >= 11 is 0. The minimum Gasteiger partial charge on any atom is -0.497 e. The fourth-order valence-corrected chi connectivity index (χ4v) is 3.30. The van der Waals surface area contributed by atoms with E-state index in [-0.39, 0.29) is 11.7 Å². The van der Waals surface area contributed by atoms with Crippen molar-refractivity contribution in [1.82, 2.24) is 0 Å². The van der Waals surface area contributed by atoms with Crippen molar-refractivity contribution < 1.29 is 23.2 Å². The number of ether oxygens (including phenoxy) is 3. The van der Waals surface area contributed by atoms with Crippen LogP contribution < -0.4 is 14.2 Å². The molecule has 0 saturated carbocycles. The number of methoxy groups -OCH3 is 2. The van der Waals surface area contributed by atoms with Crippen molar-refractivity contribution in [3.8, 4) is 17.2 Å². The summed E-state index contributed by atoms with van der Waals surface area (Å²) in [5, 5.41) is 0. The molecule has 0 amide bonds. The monoisotopic (exact) mass is 344 g/mol. The SMILES string of the molecule is COc1ccc(/C=C/C(=O)c2cc3c(cc2OC)OCS3=O)cc1. The highest BCUT2D eigenvalue weighted by atomic mass is 32.2. The van der Waals surface area contributed by atoms with Gasteiger partial charge in [-0.05, 0) is 29.8 Å². The minimum absolute atomic E-state index is 0.109. The van der Waals surface area contributed by atoms with Gasteiger partial charge in [0.1, 0.15) is 17.2 Å². The molecule has 3 rings (SSSR count). The van der Waals surface area contributed by atoms with Crippen LogP contribution in [0.1, 0.15) is 15.9 Å². The number of ketones is 1. The first-order valence-electron chi connectivity index (χ1n) is 7.22. The highest BCUT2D eigenvalue weighted by Gasteiger charge is 2.24. The van der Waals surface area contributed by atoms with Crippen LogP contribution in [0.5, 0.6) is 17.2 Å². The van der Waals surface area contributed by atoms with Crippen molar-refractivity contribution in [2.75, 3.05) is 20.2 Å². The fourth-order valence-electron chi connectivity index (χ4n) is 2.35. The summed E-state index contributed by atoms with van der Waals surface area (Å²) in [6.07, 6.45) is 3.17. The molecule has 0 radical (unpaired) electrons. The predicted octanol–water partition coefficient (Wildman–Crippen LogP) is 3.06. The van der Waals surface area contributed by atoms with Crippen molar-refractivity contribution in [1.29, 1.82) is 0 Å². The summed E-state index contributed by atoms with van der Waals surface area (Å²) in [4.78, 5) is 13.0. The Morgan fingerprint density at radius 1 is 1.17 bits per heavy atom. The molecule has 0 N–H and O–H groups in total. The Bertz CT molecular complexity index is 824. The summed E-state index contributed by atoms with van der Waals surface area (Å²) in [7, 11) is 1.84. The van der Waals surface area contributed by atoms with Crippen molar-refractivity contribution in [2.24, 2.45) is 0 Å². The molecule has 1 atom stereocenters. The van der Waals surface area contributed by atoms with Crippen LogP contribution in [0.3, 0.4) is 0 Å². The van der Waals surface area contributed by atoms with Crippen LogP contribution in [-0.2, 0) is 10.8 Å². The van der Waals surface area contributed by atoms with Gasteiger partial charge in [0.2, 0.25) is 0 Å². The quantitative estimate of drug-likeness (QED) is 0.616. The standard InChI is InChI=1S/C18H16O5S/c1-21-13-6-3-12(4-7-13)5-8-15(19)14-9-18-17(10-16(14)22-2)23-11-24(18)20/h3-10H,11H2,1-2H3/b8-5+.